The summed E-state index contributed by atoms with van der Waals surface area (Å²) < 4.78 is 42.1. The molecule has 1 unspecified atom stereocenters. The van der Waals surface area contributed by atoms with E-state index in [-0.39, 0.29) is 12.8 Å². The number of methoxy groups -OCH3 is 1. The van der Waals surface area contributed by atoms with Crippen LogP contribution in [-0.2, 0) is 0 Å². The largest absolute Gasteiger partial charge is 0.496 e. The van der Waals surface area contributed by atoms with Gasteiger partial charge in [-0.2, -0.15) is 13.2 Å². The molecular formula is C12H15BrF3NO. The summed E-state index contributed by atoms with van der Waals surface area (Å²) in [6.07, 6.45) is -4.63. The molecule has 0 saturated carbocycles. The number of halogens is 4. The Labute approximate surface area is 112 Å². The first-order valence-corrected chi connectivity index (χ1v) is 6.28. The summed E-state index contributed by atoms with van der Waals surface area (Å²) in [5, 5.41) is 0. The fourth-order valence-corrected chi connectivity index (χ4v) is 2.01. The minimum Gasteiger partial charge on any atom is -0.496 e. The molecule has 0 heterocycles. The summed E-state index contributed by atoms with van der Waals surface area (Å²) >= 11 is 3.30. The normalized spacial score (nSPS) is 13.4. The standard InChI is InChI=1S/C12H15BrF3NO/c1-18-11-7-8(13)4-5-9(11)10(17)3-2-6-12(14,15)16/h4-5,7,10H,2-3,6,17H2,1H3. The molecule has 0 aromatic heterocycles. The van der Waals surface area contributed by atoms with Crippen LogP contribution in [0.25, 0.3) is 0 Å². The molecule has 0 aliphatic rings. The molecule has 0 radical (unpaired) electrons. The van der Waals surface area contributed by atoms with E-state index in [0.29, 0.717) is 5.75 Å². The van der Waals surface area contributed by atoms with Crippen molar-refractivity contribution < 1.29 is 17.9 Å². The van der Waals surface area contributed by atoms with Crippen molar-refractivity contribution >= 4 is 15.9 Å². The molecule has 0 bridgehead atoms. The molecule has 0 saturated heterocycles. The van der Waals surface area contributed by atoms with Gasteiger partial charge in [-0.3, -0.25) is 0 Å². The Bertz CT molecular complexity index is 395. The Balaban J connectivity index is 2.64. The van der Waals surface area contributed by atoms with Gasteiger partial charge >= 0.3 is 6.18 Å². The molecule has 102 valence electrons. The van der Waals surface area contributed by atoms with E-state index in [1.165, 1.54) is 7.11 Å². The molecule has 2 nitrogen and oxygen atoms in total. The number of benzene rings is 1. The van der Waals surface area contributed by atoms with E-state index >= 15 is 0 Å². The van der Waals surface area contributed by atoms with Gasteiger partial charge in [-0.05, 0) is 25.0 Å². The zero-order chi connectivity index (χ0) is 13.8. The third-order valence-electron chi connectivity index (χ3n) is 2.57. The summed E-state index contributed by atoms with van der Waals surface area (Å²) in [4.78, 5) is 0. The van der Waals surface area contributed by atoms with Gasteiger partial charge in [0.2, 0.25) is 0 Å². The Morgan fingerprint density at radius 3 is 2.61 bits per heavy atom. The van der Waals surface area contributed by atoms with E-state index < -0.39 is 18.6 Å². The molecule has 6 heteroatoms. The predicted octanol–water partition coefficient (Wildman–Crippen LogP) is 4.19. The van der Waals surface area contributed by atoms with Crippen LogP contribution in [0, 0.1) is 0 Å². The molecule has 0 aliphatic carbocycles. The Morgan fingerprint density at radius 2 is 2.06 bits per heavy atom. The van der Waals surface area contributed by atoms with Gasteiger partial charge in [0.25, 0.3) is 0 Å². The Kier molecular flexibility index (Phi) is 5.47. The van der Waals surface area contributed by atoms with Gasteiger partial charge in [-0.25, -0.2) is 0 Å². The molecular weight excluding hydrogens is 311 g/mol. The Morgan fingerprint density at radius 1 is 1.39 bits per heavy atom. The maximum atomic E-state index is 12.0. The molecule has 1 aromatic carbocycles. The van der Waals surface area contributed by atoms with Crippen LogP contribution in [0.15, 0.2) is 22.7 Å². The fourth-order valence-electron chi connectivity index (χ4n) is 1.67. The average Bonchev–Trinajstić information content (AvgIpc) is 2.26. The minimum atomic E-state index is -4.12. The highest BCUT2D eigenvalue weighted by molar-refractivity contribution is 9.10. The summed E-state index contributed by atoms with van der Waals surface area (Å²) in [6.45, 7) is 0. The smallest absolute Gasteiger partial charge is 0.389 e. The van der Waals surface area contributed by atoms with E-state index in [1.54, 1.807) is 18.2 Å². The number of hydrogen-bond acceptors (Lipinski definition) is 2. The van der Waals surface area contributed by atoms with Gasteiger partial charge in [0, 0.05) is 22.5 Å². The zero-order valence-corrected chi connectivity index (χ0v) is 11.5. The van der Waals surface area contributed by atoms with Crippen molar-refractivity contribution in [3.8, 4) is 5.75 Å². The van der Waals surface area contributed by atoms with Crippen LogP contribution in [0.2, 0.25) is 0 Å². The lowest BCUT2D eigenvalue weighted by molar-refractivity contribution is -0.135. The van der Waals surface area contributed by atoms with Crippen LogP contribution in [0.5, 0.6) is 5.75 Å². The monoisotopic (exact) mass is 325 g/mol. The second-order valence-electron chi connectivity index (χ2n) is 4.00. The lowest BCUT2D eigenvalue weighted by Crippen LogP contribution is -2.14. The van der Waals surface area contributed by atoms with Gasteiger partial charge in [-0.15, -0.1) is 0 Å². The van der Waals surface area contributed by atoms with Gasteiger partial charge in [0.15, 0.2) is 0 Å². The molecule has 1 atom stereocenters. The van der Waals surface area contributed by atoms with Gasteiger partial charge in [0.1, 0.15) is 5.75 Å². The highest BCUT2D eigenvalue weighted by Crippen LogP contribution is 2.31. The molecule has 0 amide bonds. The Hall–Kier alpha value is -0.750. The van der Waals surface area contributed by atoms with Crippen LogP contribution in [0.4, 0.5) is 13.2 Å². The summed E-state index contributed by atoms with van der Waals surface area (Å²) in [5.41, 5.74) is 6.61. The maximum absolute atomic E-state index is 12.0. The zero-order valence-electron chi connectivity index (χ0n) is 9.93. The second kappa shape index (κ2) is 6.43. The quantitative estimate of drug-likeness (QED) is 0.880. The number of nitrogens with two attached hydrogens (primary N) is 1. The first-order valence-electron chi connectivity index (χ1n) is 5.49. The molecule has 2 N–H and O–H groups in total. The van der Waals surface area contributed by atoms with Crippen LogP contribution >= 0.6 is 15.9 Å². The van der Waals surface area contributed by atoms with Crippen molar-refractivity contribution in [1.29, 1.82) is 0 Å². The third kappa shape index (κ3) is 4.86. The highest BCUT2D eigenvalue weighted by Gasteiger charge is 2.26. The van der Waals surface area contributed by atoms with Crippen molar-refractivity contribution in [2.75, 3.05) is 7.11 Å². The summed E-state index contributed by atoms with van der Waals surface area (Å²) in [5.74, 6) is 0.587. The third-order valence-corrected chi connectivity index (χ3v) is 3.06. The van der Waals surface area contributed by atoms with E-state index in [2.05, 4.69) is 15.9 Å². The number of alkyl halides is 3. The van der Waals surface area contributed by atoms with Crippen molar-refractivity contribution in [2.45, 2.75) is 31.5 Å². The van der Waals surface area contributed by atoms with Gasteiger partial charge in [-0.1, -0.05) is 22.0 Å². The molecule has 18 heavy (non-hydrogen) atoms. The molecule has 0 aliphatic heterocycles. The number of hydrogen-bond donors (Lipinski definition) is 1. The average molecular weight is 326 g/mol. The fraction of sp³-hybridized carbons (Fsp3) is 0.500. The van der Waals surface area contributed by atoms with Crippen molar-refractivity contribution in [3.63, 3.8) is 0 Å². The van der Waals surface area contributed by atoms with Crippen LogP contribution in [-0.4, -0.2) is 13.3 Å². The van der Waals surface area contributed by atoms with Crippen molar-refractivity contribution in [1.82, 2.24) is 0 Å². The van der Waals surface area contributed by atoms with E-state index in [0.717, 1.165) is 10.0 Å². The van der Waals surface area contributed by atoms with Gasteiger partial charge in [0.05, 0.1) is 7.11 Å². The second-order valence-corrected chi connectivity index (χ2v) is 4.92. The highest BCUT2D eigenvalue weighted by atomic mass is 79.9. The number of rotatable bonds is 5. The SMILES string of the molecule is COc1cc(Br)ccc1C(N)CCCC(F)(F)F. The first kappa shape index (κ1) is 15.3. The number of ether oxygens (including phenoxy) is 1. The van der Waals surface area contributed by atoms with Crippen LogP contribution in [0.3, 0.4) is 0 Å². The van der Waals surface area contributed by atoms with Gasteiger partial charge < -0.3 is 10.5 Å². The topological polar surface area (TPSA) is 35.2 Å². The van der Waals surface area contributed by atoms with E-state index in [4.69, 9.17) is 10.5 Å². The van der Waals surface area contributed by atoms with Crippen molar-refractivity contribution in [3.05, 3.63) is 28.2 Å². The van der Waals surface area contributed by atoms with E-state index in [9.17, 15) is 13.2 Å². The van der Waals surface area contributed by atoms with Crippen molar-refractivity contribution in [2.24, 2.45) is 5.73 Å². The lowest BCUT2D eigenvalue weighted by atomic mass is 10.0. The first-order chi connectivity index (χ1) is 8.33. The van der Waals surface area contributed by atoms with E-state index in [1.807, 2.05) is 0 Å². The lowest BCUT2D eigenvalue weighted by Gasteiger charge is -2.16. The molecule has 1 rings (SSSR count). The molecule has 0 fully saturated rings. The molecule has 1 aromatic rings. The van der Waals surface area contributed by atoms with Crippen LogP contribution < -0.4 is 10.5 Å². The minimum absolute atomic E-state index is 0.0177. The summed E-state index contributed by atoms with van der Waals surface area (Å²) in [7, 11) is 1.51. The predicted molar refractivity (Wildman–Crippen MR) is 67.5 cm³/mol. The van der Waals surface area contributed by atoms with Crippen LogP contribution in [0.1, 0.15) is 30.9 Å². The maximum Gasteiger partial charge on any atom is 0.389 e. The summed E-state index contributed by atoms with van der Waals surface area (Å²) in [6, 6.07) is 4.86. The molecule has 0 spiro atoms.